The maximum Gasteiger partial charge on any atom is 0.303 e. The average Bonchev–Trinajstić information content (AvgIpc) is 3.72. The van der Waals surface area contributed by atoms with Crippen molar-refractivity contribution in [2.75, 3.05) is 100 Å². The van der Waals surface area contributed by atoms with Crippen LogP contribution in [0.25, 0.3) is 0 Å². The molecule has 1 aliphatic carbocycles. The van der Waals surface area contributed by atoms with Gasteiger partial charge in [-0.3, -0.25) is 19.3 Å². The summed E-state index contributed by atoms with van der Waals surface area (Å²) < 4.78 is 91.9. The standard InChI is InChI=1S/C63H69NO18/c1-40(65)80-55-34-64-35-56(81-41(2)66)38-78-53-15-9-50(10-16-53)72-20-23-75-62-32-47-26-43-28-58(68-4)61(74-22-19-71-49-7-13-52(14-8-49)77-37-55)31-46(43)25-44-29-59(69-5)63(33-48(44)27-45(47)30-60(62)70-6)76-24-21-73-51-11-17-54(18-12-51)79-39-57(36-64)82-42(3)67/h7-18,28-33,55-57H,19-27,34-39H2,1-6H3/t55-,56-,57-/m1/s1. The summed E-state index contributed by atoms with van der Waals surface area (Å²) in [7, 11) is 4.87. The number of benzene rings is 6. The Bertz CT molecular complexity index is 2780. The van der Waals surface area contributed by atoms with E-state index in [2.05, 4.69) is 0 Å². The van der Waals surface area contributed by atoms with E-state index in [1.54, 1.807) is 94.1 Å². The number of esters is 3. The van der Waals surface area contributed by atoms with Gasteiger partial charge in [0.1, 0.15) is 112 Å². The Morgan fingerprint density at radius 3 is 0.829 bits per heavy atom. The predicted molar refractivity (Wildman–Crippen MR) is 299 cm³/mol. The fraction of sp³-hybridized carbons (Fsp3) is 0.381. The molecule has 0 spiro atoms. The van der Waals surface area contributed by atoms with Crippen molar-refractivity contribution in [3.05, 3.63) is 143 Å². The molecule has 12 aliphatic heterocycles. The lowest BCUT2D eigenvalue weighted by molar-refractivity contribution is -0.153. The fourth-order valence-corrected chi connectivity index (χ4v) is 9.91. The van der Waals surface area contributed by atoms with Crippen molar-refractivity contribution in [3.8, 4) is 69.0 Å². The minimum absolute atomic E-state index is 0.0508. The fourth-order valence-electron chi connectivity index (χ4n) is 9.91. The van der Waals surface area contributed by atoms with E-state index < -0.39 is 36.2 Å². The van der Waals surface area contributed by atoms with Gasteiger partial charge in [-0.15, -0.1) is 0 Å². The van der Waals surface area contributed by atoms with E-state index in [-0.39, 0.29) is 79.1 Å². The zero-order valence-electron chi connectivity index (χ0n) is 47.0. The highest BCUT2D eigenvalue weighted by Crippen LogP contribution is 2.41. The third-order valence-electron chi connectivity index (χ3n) is 13.6. The van der Waals surface area contributed by atoms with Gasteiger partial charge in [0.15, 0.2) is 34.5 Å². The molecular formula is C63H69NO18. The quantitative estimate of drug-likeness (QED) is 0.114. The number of rotatable bonds is 6. The molecule has 434 valence electrons. The van der Waals surface area contributed by atoms with Crippen molar-refractivity contribution < 1.29 is 85.4 Å². The SMILES string of the molecule is COc1cc2c3cc1OCCOc1ccc(cc1)OC[C@H](OC(C)=O)CN1C[C@@H](OC(C)=O)COc4ccc(cc4)OCCOc4cc(c(cc4OC)C3)Cc3cc(OC)c(cc3C2)OCCOc2ccc(cc2)OC[C@H](OC(C)=O)C1. The molecule has 19 heteroatoms. The van der Waals surface area contributed by atoms with E-state index in [4.69, 9.17) is 71.1 Å². The molecule has 3 atom stereocenters. The van der Waals surface area contributed by atoms with Crippen LogP contribution in [0.5, 0.6) is 69.0 Å². The van der Waals surface area contributed by atoms with E-state index in [1.165, 1.54) is 20.8 Å². The highest BCUT2D eigenvalue weighted by Gasteiger charge is 2.28. The Kier molecular flexibility index (Phi) is 19.9. The van der Waals surface area contributed by atoms with E-state index in [0.29, 0.717) is 88.3 Å². The molecule has 0 N–H and O–H groups in total. The topological polar surface area (TPSA) is 193 Å². The van der Waals surface area contributed by atoms with Gasteiger partial charge in [0.2, 0.25) is 0 Å². The van der Waals surface area contributed by atoms with Crippen LogP contribution in [0.3, 0.4) is 0 Å². The lowest BCUT2D eigenvalue weighted by atomic mass is 9.94. The van der Waals surface area contributed by atoms with Crippen LogP contribution in [-0.4, -0.2) is 142 Å². The smallest absolute Gasteiger partial charge is 0.303 e. The van der Waals surface area contributed by atoms with Crippen LogP contribution in [0.15, 0.2) is 109 Å². The zero-order chi connectivity index (χ0) is 57.4. The van der Waals surface area contributed by atoms with Gasteiger partial charge < -0.3 is 71.1 Å². The van der Waals surface area contributed by atoms with E-state index in [9.17, 15) is 14.4 Å². The maximum absolute atomic E-state index is 12.7. The molecule has 0 saturated heterocycles. The highest BCUT2D eigenvalue weighted by atomic mass is 16.6. The normalized spacial score (nSPS) is 18.7. The Hall–Kier alpha value is -8.71. The van der Waals surface area contributed by atoms with Gasteiger partial charge in [0.05, 0.1) is 21.3 Å². The van der Waals surface area contributed by atoms with E-state index in [1.807, 2.05) is 41.3 Å². The monoisotopic (exact) mass is 1130 g/mol. The molecule has 82 heavy (non-hydrogen) atoms. The summed E-state index contributed by atoms with van der Waals surface area (Å²) in [5.74, 6) is 4.86. The number of hydrogen-bond acceptors (Lipinski definition) is 19. The first-order valence-corrected chi connectivity index (χ1v) is 27.2. The van der Waals surface area contributed by atoms with Crippen LogP contribution in [0.2, 0.25) is 0 Å². The molecule has 0 saturated carbocycles. The van der Waals surface area contributed by atoms with Gasteiger partial charge in [-0.25, -0.2) is 0 Å². The third-order valence-corrected chi connectivity index (χ3v) is 13.6. The Morgan fingerprint density at radius 1 is 0.354 bits per heavy atom. The summed E-state index contributed by atoms with van der Waals surface area (Å²) in [6, 6.07) is 33.3. The number of carbonyl (C=O) groups excluding carboxylic acids is 3. The van der Waals surface area contributed by atoms with Crippen LogP contribution in [0.4, 0.5) is 0 Å². The van der Waals surface area contributed by atoms with Crippen molar-refractivity contribution >= 4 is 17.9 Å². The molecule has 0 radical (unpaired) electrons. The van der Waals surface area contributed by atoms with Gasteiger partial charge in [0, 0.05) is 40.4 Å². The highest BCUT2D eigenvalue weighted by molar-refractivity contribution is 5.67. The molecule has 12 heterocycles. The van der Waals surface area contributed by atoms with Crippen LogP contribution >= 0.6 is 0 Å². The van der Waals surface area contributed by atoms with Gasteiger partial charge in [0.25, 0.3) is 0 Å². The number of methoxy groups -OCH3 is 3. The van der Waals surface area contributed by atoms with Crippen molar-refractivity contribution in [3.63, 3.8) is 0 Å². The maximum atomic E-state index is 12.7. The molecule has 0 amide bonds. The lowest BCUT2D eigenvalue weighted by Crippen LogP contribution is -2.48. The Morgan fingerprint density at radius 2 is 0.585 bits per heavy atom. The number of ether oxygens (including phenoxy) is 15. The van der Waals surface area contributed by atoms with Crippen LogP contribution in [-0.2, 0) is 47.9 Å². The predicted octanol–water partition coefficient (Wildman–Crippen LogP) is 8.43. The number of fused-ring (bicyclic) bond motifs is 1. The van der Waals surface area contributed by atoms with E-state index in [0.717, 1.165) is 33.4 Å². The third kappa shape index (κ3) is 16.2. The summed E-state index contributed by atoms with van der Waals surface area (Å²) in [4.78, 5) is 39.9. The number of hydrogen-bond donors (Lipinski definition) is 0. The van der Waals surface area contributed by atoms with Gasteiger partial charge >= 0.3 is 17.9 Å². The Labute approximate surface area is 477 Å². The lowest BCUT2D eigenvalue weighted by Gasteiger charge is -2.32. The van der Waals surface area contributed by atoms with E-state index >= 15 is 0 Å². The van der Waals surface area contributed by atoms with Crippen molar-refractivity contribution in [2.24, 2.45) is 0 Å². The summed E-state index contributed by atoms with van der Waals surface area (Å²) in [5, 5.41) is 0. The van der Waals surface area contributed by atoms with Crippen LogP contribution in [0.1, 0.15) is 54.2 Å². The number of nitrogens with zero attached hydrogens (tertiary/aromatic N) is 1. The zero-order valence-corrected chi connectivity index (χ0v) is 47.0. The second-order valence-electron chi connectivity index (χ2n) is 19.7. The van der Waals surface area contributed by atoms with Crippen molar-refractivity contribution in [1.82, 2.24) is 4.90 Å². The molecule has 19 rings (SSSR count). The second-order valence-corrected chi connectivity index (χ2v) is 19.7. The molecule has 19 nitrogen and oxygen atoms in total. The second kappa shape index (κ2) is 28.1. The van der Waals surface area contributed by atoms with Crippen molar-refractivity contribution in [1.29, 1.82) is 0 Å². The molecule has 6 aromatic carbocycles. The average molecular weight is 1130 g/mol. The molecule has 0 fully saturated rings. The molecule has 0 aromatic heterocycles. The van der Waals surface area contributed by atoms with Crippen LogP contribution < -0.4 is 56.8 Å². The number of carbonyl (C=O) groups is 3. The molecule has 16 bridgehead atoms. The first-order valence-electron chi connectivity index (χ1n) is 27.2. The summed E-state index contributed by atoms with van der Waals surface area (Å²) >= 11 is 0. The molecule has 0 unspecified atom stereocenters. The summed E-state index contributed by atoms with van der Waals surface area (Å²) in [5.41, 5.74) is 6.14. The largest absolute Gasteiger partial charge is 0.493 e. The van der Waals surface area contributed by atoms with Gasteiger partial charge in [-0.05, 0) is 162 Å². The minimum Gasteiger partial charge on any atom is -0.493 e. The molecule has 13 aliphatic rings. The van der Waals surface area contributed by atoms with Gasteiger partial charge in [-0.1, -0.05) is 0 Å². The Balaban J connectivity index is 1.12. The summed E-state index contributed by atoms with van der Waals surface area (Å²) in [6.45, 7) is 5.06. The summed E-state index contributed by atoms with van der Waals surface area (Å²) in [6.07, 6.45) is -0.969. The molecular weight excluding hydrogens is 1060 g/mol. The minimum atomic E-state index is -0.858. The molecule has 6 aromatic rings. The first-order chi connectivity index (χ1) is 39.9. The van der Waals surface area contributed by atoms with Gasteiger partial charge in [-0.2, -0.15) is 0 Å². The first kappa shape index (κ1) is 58.0. The van der Waals surface area contributed by atoms with Crippen LogP contribution in [0, 0.1) is 0 Å². The van der Waals surface area contributed by atoms with Crippen molar-refractivity contribution in [2.45, 2.75) is 58.3 Å².